The molecule has 1 N–H and O–H groups in total. The third-order valence-corrected chi connectivity index (χ3v) is 3.01. The molecule has 0 radical (unpaired) electrons. The predicted molar refractivity (Wildman–Crippen MR) is 76.2 cm³/mol. The van der Waals surface area contributed by atoms with Gasteiger partial charge in [-0.1, -0.05) is 45.0 Å². The van der Waals surface area contributed by atoms with Gasteiger partial charge >= 0.3 is 0 Å². The van der Waals surface area contributed by atoms with Gasteiger partial charge in [0.1, 0.15) is 5.92 Å². The van der Waals surface area contributed by atoms with Gasteiger partial charge in [-0.25, -0.2) is 0 Å². The van der Waals surface area contributed by atoms with Gasteiger partial charge in [0.15, 0.2) is 0 Å². The number of hydrogen-bond donors (Lipinski definition) is 1. The number of nitrogens with one attached hydrogen (secondary N) is 1. The van der Waals surface area contributed by atoms with E-state index in [1.165, 1.54) is 5.56 Å². The minimum absolute atomic E-state index is 0.184. The number of carbonyl (C=O) groups excluding carboxylic acids is 1. The number of benzene rings is 1. The smallest absolute Gasteiger partial charge is 0.237 e. The molecule has 0 aromatic heterocycles. The number of carbonyl (C=O) groups is 1. The molecular weight excluding hydrogens is 236 g/mol. The van der Waals surface area contributed by atoms with Crippen molar-refractivity contribution in [3.05, 3.63) is 35.4 Å². The maximum absolute atomic E-state index is 11.7. The molecule has 3 nitrogen and oxygen atoms in total. The van der Waals surface area contributed by atoms with E-state index in [-0.39, 0.29) is 5.91 Å². The summed E-state index contributed by atoms with van der Waals surface area (Å²) in [5.41, 5.74) is 2.38. The van der Waals surface area contributed by atoms with Gasteiger partial charge in [0.25, 0.3) is 0 Å². The van der Waals surface area contributed by atoms with Crippen LogP contribution in [0, 0.1) is 23.2 Å². The first-order valence-electron chi connectivity index (χ1n) is 6.82. The van der Waals surface area contributed by atoms with Crippen LogP contribution in [-0.4, -0.2) is 5.91 Å². The molecule has 0 saturated heterocycles. The standard InChI is InChI=1S/C16H22N2O/c1-4-15(10-17)16(19)18-11-14-7-5-13(6-8-14)9-12(2)3/h5-8,12,15H,4,9,11H2,1-3H3,(H,18,19). The molecular formula is C16H22N2O. The average molecular weight is 258 g/mol. The normalized spacial score (nSPS) is 11.9. The zero-order valence-corrected chi connectivity index (χ0v) is 11.9. The van der Waals surface area contributed by atoms with Crippen LogP contribution in [0.25, 0.3) is 0 Å². The first kappa shape index (κ1) is 15.2. The van der Waals surface area contributed by atoms with Gasteiger partial charge in [0.2, 0.25) is 5.91 Å². The molecule has 19 heavy (non-hydrogen) atoms. The summed E-state index contributed by atoms with van der Waals surface area (Å²) in [7, 11) is 0. The van der Waals surface area contributed by atoms with E-state index in [1.54, 1.807) is 0 Å². The van der Waals surface area contributed by atoms with Crippen LogP contribution in [0.15, 0.2) is 24.3 Å². The summed E-state index contributed by atoms with van der Waals surface area (Å²) in [6.07, 6.45) is 1.62. The minimum Gasteiger partial charge on any atom is -0.351 e. The summed E-state index contributed by atoms with van der Waals surface area (Å²) in [5, 5.41) is 11.6. The Morgan fingerprint density at radius 1 is 1.26 bits per heavy atom. The molecule has 1 atom stereocenters. The molecule has 1 rings (SSSR count). The monoisotopic (exact) mass is 258 g/mol. The number of hydrogen-bond acceptors (Lipinski definition) is 2. The fourth-order valence-electron chi connectivity index (χ4n) is 1.91. The first-order valence-corrected chi connectivity index (χ1v) is 6.82. The summed E-state index contributed by atoms with van der Waals surface area (Å²) < 4.78 is 0. The lowest BCUT2D eigenvalue weighted by Gasteiger charge is -2.09. The van der Waals surface area contributed by atoms with Gasteiger partial charge in [0.05, 0.1) is 6.07 Å². The highest BCUT2D eigenvalue weighted by atomic mass is 16.1. The van der Waals surface area contributed by atoms with Crippen LogP contribution in [-0.2, 0) is 17.8 Å². The highest BCUT2D eigenvalue weighted by molar-refractivity contribution is 5.80. The Morgan fingerprint density at radius 2 is 1.84 bits per heavy atom. The Kier molecular flexibility index (Phi) is 6.08. The second-order valence-electron chi connectivity index (χ2n) is 5.22. The van der Waals surface area contributed by atoms with Gasteiger partial charge in [-0.3, -0.25) is 4.79 Å². The number of rotatable bonds is 6. The fraction of sp³-hybridized carbons (Fsp3) is 0.500. The van der Waals surface area contributed by atoms with Crippen molar-refractivity contribution in [1.82, 2.24) is 5.32 Å². The molecule has 1 aromatic carbocycles. The van der Waals surface area contributed by atoms with E-state index in [0.717, 1.165) is 12.0 Å². The van der Waals surface area contributed by atoms with Gasteiger partial charge < -0.3 is 5.32 Å². The molecule has 0 heterocycles. The van der Waals surface area contributed by atoms with Crippen LogP contribution in [0.3, 0.4) is 0 Å². The van der Waals surface area contributed by atoms with E-state index in [1.807, 2.05) is 25.1 Å². The van der Waals surface area contributed by atoms with Crippen molar-refractivity contribution in [3.8, 4) is 6.07 Å². The lowest BCUT2D eigenvalue weighted by molar-refractivity contribution is -0.123. The predicted octanol–water partition coefficient (Wildman–Crippen LogP) is 3.05. The molecule has 0 fully saturated rings. The van der Waals surface area contributed by atoms with Crippen LogP contribution in [0.4, 0.5) is 0 Å². The molecule has 3 heteroatoms. The number of nitriles is 1. The Hall–Kier alpha value is -1.82. The lowest BCUT2D eigenvalue weighted by atomic mass is 10.0. The molecule has 0 aliphatic carbocycles. The van der Waals surface area contributed by atoms with Crippen LogP contribution < -0.4 is 5.32 Å². The molecule has 0 saturated carbocycles. The molecule has 1 aromatic rings. The van der Waals surface area contributed by atoms with Crippen LogP contribution in [0.1, 0.15) is 38.3 Å². The molecule has 0 spiro atoms. The Balaban J connectivity index is 2.50. The molecule has 102 valence electrons. The SMILES string of the molecule is CCC(C#N)C(=O)NCc1ccc(CC(C)C)cc1. The molecule has 0 aliphatic heterocycles. The Bertz CT molecular complexity index is 443. The van der Waals surface area contributed by atoms with E-state index in [9.17, 15) is 4.79 Å². The van der Waals surface area contributed by atoms with Crippen LogP contribution >= 0.6 is 0 Å². The van der Waals surface area contributed by atoms with E-state index < -0.39 is 5.92 Å². The summed E-state index contributed by atoms with van der Waals surface area (Å²) in [5.74, 6) is -0.0806. The van der Waals surface area contributed by atoms with Crippen molar-refractivity contribution < 1.29 is 4.79 Å². The highest BCUT2D eigenvalue weighted by Gasteiger charge is 2.14. The first-order chi connectivity index (χ1) is 9.06. The second-order valence-corrected chi connectivity index (χ2v) is 5.22. The van der Waals surface area contributed by atoms with Crippen molar-refractivity contribution in [3.63, 3.8) is 0 Å². The summed E-state index contributed by atoms with van der Waals surface area (Å²) >= 11 is 0. The third kappa shape index (κ3) is 5.13. The van der Waals surface area contributed by atoms with Crippen molar-refractivity contribution in [1.29, 1.82) is 5.26 Å². The van der Waals surface area contributed by atoms with Crippen LogP contribution in [0.2, 0.25) is 0 Å². The number of amides is 1. The van der Waals surface area contributed by atoms with Crippen molar-refractivity contribution in [2.24, 2.45) is 11.8 Å². The zero-order valence-electron chi connectivity index (χ0n) is 11.9. The number of nitrogens with zero attached hydrogens (tertiary/aromatic N) is 1. The Morgan fingerprint density at radius 3 is 2.32 bits per heavy atom. The molecule has 0 aliphatic rings. The fourth-order valence-corrected chi connectivity index (χ4v) is 1.91. The van der Waals surface area contributed by atoms with E-state index in [0.29, 0.717) is 18.9 Å². The second kappa shape index (κ2) is 7.58. The van der Waals surface area contributed by atoms with Gasteiger partial charge in [-0.2, -0.15) is 5.26 Å². The molecule has 0 bridgehead atoms. The maximum Gasteiger partial charge on any atom is 0.237 e. The van der Waals surface area contributed by atoms with Gasteiger partial charge in [0, 0.05) is 6.54 Å². The largest absolute Gasteiger partial charge is 0.351 e. The maximum atomic E-state index is 11.7. The van der Waals surface area contributed by atoms with Crippen molar-refractivity contribution in [2.75, 3.05) is 0 Å². The summed E-state index contributed by atoms with van der Waals surface area (Å²) in [6.45, 7) is 6.72. The van der Waals surface area contributed by atoms with Crippen molar-refractivity contribution >= 4 is 5.91 Å². The van der Waals surface area contributed by atoms with Gasteiger partial charge in [-0.15, -0.1) is 0 Å². The minimum atomic E-state index is -0.541. The zero-order chi connectivity index (χ0) is 14.3. The van der Waals surface area contributed by atoms with E-state index in [4.69, 9.17) is 5.26 Å². The quantitative estimate of drug-likeness (QED) is 0.852. The van der Waals surface area contributed by atoms with Crippen molar-refractivity contribution in [2.45, 2.75) is 40.2 Å². The lowest BCUT2D eigenvalue weighted by Crippen LogP contribution is -2.29. The van der Waals surface area contributed by atoms with E-state index in [2.05, 4.69) is 31.3 Å². The highest BCUT2D eigenvalue weighted by Crippen LogP contribution is 2.10. The topological polar surface area (TPSA) is 52.9 Å². The molecule has 1 unspecified atom stereocenters. The Labute approximate surface area is 115 Å². The molecule has 1 amide bonds. The van der Waals surface area contributed by atoms with Crippen LogP contribution in [0.5, 0.6) is 0 Å². The van der Waals surface area contributed by atoms with E-state index >= 15 is 0 Å². The average Bonchev–Trinajstić information content (AvgIpc) is 2.38. The third-order valence-electron chi connectivity index (χ3n) is 3.01. The summed E-state index contributed by atoms with van der Waals surface area (Å²) in [6, 6.07) is 10.3. The van der Waals surface area contributed by atoms with Gasteiger partial charge in [-0.05, 0) is 29.9 Å². The summed E-state index contributed by atoms with van der Waals surface area (Å²) in [4.78, 5) is 11.7.